The van der Waals surface area contributed by atoms with Gasteiger partial charge in [0, 0.05) is 5.69 Å². The molecule has 0 aromatic heterocycles. The molecule has 0 radical (unpaired) electrons. The average molecular weight is 591 g/mol. The number of carboxylic acids is 1. The quantitative estimate of drug-likeness (QED) is 0.296. The standard InChI is InChI=1S/C27H18ClF3N2O6S/c28-20-10-16(6-9-21(20)39-14-15-4-7-17(8-5-15)25(36)37)11-22-24(35)33(26(38)40-22)13-23(34)32-19-3-1-2-18(12-19)27(29,30)31/h1-12H,13-14H2,(H,32,34)(H,36,37)/b22-11-. The lowest BCUT2D eigenvalue weighted by molar-refractivity contribution is -0.137. The second-order valence-corrected chi connectivity index (χ2v) is 9.78. The number of imide groups is 1. The van der Waals surface area contributed by atoms with Gasteiger partial charge in [-0.05, 0) is 71.4 Å². The van der Waals surface area contributed by atoms with Crippen molar-refractivity contribution >= 4 is 58.1 Å². The van der Waals surface area contributed by atoms with Crippen molar-refractivity contribution in [3.63, 3.8) is 0 Å². The SMILES string of the molecule is O=C(CN1C(=O)S/C(=C\c2ccc(OCc3ccc(C(=O)O)cc3)c(Cl)c2)C1=O)Nc1cccc(C(F)(F)F)c1. The van der Waals surface area contributed by atoms with Gasteiger partial charge in [0.25, 0.3) is 11.1 Å². The van der Waals surface area contributed by atoms with Crippen LogP contribution in [0.4, 0.5) is 23.7 Å². The molecule has 13 heteroatoms. The monoisotopic (exact) mass is 590 g/mol. The van der Waals surface area contributed by atoms with Crippen LogP contribution in [0.5, 0.6) is 5.75 Å². The number of alkyl halides is 3. The number of rotatable bonds is 8. The molecule has 4 rings (SSSR count). The number of carbonyl (C=O) groups excluding carboxylic acids is 3. The number of ether oxygens (including phenoxy) is 1. The molecule has 3 aromatic rings. The number of aromatic carboxylic acids is 1. The number of amides is 3. The molecule has 206 valence electrons. The fraction of sp³-hybridized carbons (Fsp3) is 0.111. The van der Waals surface area contributed by atoms with E-state index in [4.69, 9.17) is 21.4 Å². The van der Waals surface area contributed by atoms with Crippen molar-refractivity contribution in [2.75, 3.05) is 11.9 Å². The van der Waals surface area contributed by atoms with Gasteiger partial charge in [0.15, 0.2) is 0 Å². The number of benzene rings is 3. The van der Waals surface area contributed by atoms with Crippen LogP contribution in [0.15, 0.2) is 71.6 Å². The Morgan fingerprint density at radius 1 is 1.05 bits per heavy atom. The first-order chi connectivity index (χ1) is 18.9. The maximum Gasteiger partial charge on any atom is 0.416 e. The number of carboxylic acid groups (broad SMARTS) is 1. The zero-order chi connectivity index (χ0) is 29.0. The van der Waals surface area contributed by atoms with Gasteiger partial charge in [-0.3, -0.25) is 19.3 Å². The Morgan fingerprint density at radius 2 is 1.77 bits per heavy atom. The molecule has 1 aliphatic heterocycles. The lowest BCUT2D eigenvalue weighted by Gasteiger charge is -2.13. The van der Waals surface area contributed by atoms with Crippen LogP contribution in [0.25, 0.3) is 6.08 Å². The van der Waals surface area contributed by atoms with Gasteiger partial charge in [-0.2, -0.15) is 13.2 Å². The highest BCUT2D eigenvalue weighted by Gasteiger charge is 2.36. The first kappa shape index (κ1) is 28.7. The minimum Gasteiger partial charge on any atom is -0.487 e. The number of halogens is 4. The van der Waals surface area contributed by atoms with Crippen molar-refractivity contribution in [3.05, 3.63) is 98.9 Å². The highest BCUT2D eigenvalue weighted by atomic mass is 35.5. The summed E-state index contributed by atoms with van der Waals surface area (Å²) in [6, 6.07) is 14.8. The number of hydrogen-bond acceptors (Lipinski definition) is 6. The van der Waals surface area contributed by atoms with Crippen molar-refractivity contribution in [2.45, 2.75) is 12.8 Å². The molecular formula is C27H18ClF3N2O6S. The Bertz CT molecular complexity index is 1530. The zero-order valence-corrected chi connectivity index (χ0v) is 21.8. The Kier molecular flexibility index (Phi) is 8.50. The van der Waals surface area contributed by atoms with Crippen LogP contribution in [-0.4, -0.2) is 39.6 Å². The van der Waals surface area contributed by atoms with Gasteiger partial charge in [-0.15, -0.1) is 0 Å². The van der Waals surface area contributed by atoms with Crippen molar-refractivity contribution in [2.24, 2.45) is 0 Å². The van der Waals surface area contributed by atoms with Crippen molar-refractivity contribution < 1.29 is 42.2 Å². The molecule has 1 saturated heterocycles. The second-order valence-electron chi connectivity index (χ2n) is 8.38. The van der Waals surface area contributed by atoms with Gasteiger partial charge >= 0.3 is 12.1 Å². The summed E-state index contributed by atoms with van der Waals surface area (Å²) in [5.41, 5.74) is 0.255. The molecule has 1 heterocycles. The minimum atomic E-state index is -4.60. The summed E-state index contributed by atoms with van der Waals surface area (Å²) in [7, 11) is 0. The molecule has 0 aliphatic carbocycles. The summed E-state index contributed by atoms with van der Waals surface area (Å²) in [4.78, 5) is 49.2. The van der Waals surface area contributed by atoms with Gasteiger partial charge in [-0.1, -0.05) is 35.9 Å². The molecule has 3 aromatic carbocycles. The number of anilines is 1. The third-order valence-corrected chi connectivity index (χ3v) is 6.70. The van der Waals surface area contributed by atoms with E-state index >= 15 is 0 Å². The molecular weight excluding hydrogens is 573 g/mol. The van der Waals surface area contributed by atoms with Gasteiger partial charge in [0.1, 0.15) is 18.9 Å². The Morgan fingerprint density at radius 3 is 2.42 bits per heavy atom. The molecule has 0 unspecified atom stereocenters. The van der Waals surface area contributed by atoms with Crippen molar-refractivity contribution in [1.29, 1.82) is 0 Å². The first-order valence-corrected chi connectivity index (χ1v) is 12.6. The zero-order valence-electron chi connectivity index (χ0n) is 20.2. The van der Waals surface area contributed by atoms with E-state index < -0.39 is 41.3 Å². The Balaban J connectivity index is 1.38. The van der Waals surface area contributed by atoms with Crippen LogP contribution in [0, 0.1) is 0 Å². The lowest BCUT2D eigenvalue weighted by Crippen LogP contribution is -2.36. The molecule has 2 N–H and O–H groups in total. The van der Waals surface area contributed by atoms with E-state index in [0.29, 0.717) is 28.0 Å². The van der Waals surface area contributed by atoms with E-state index in [9.17, 15) is 32.3 Å². The Hall–Kier alpha value is -4.29. The minimum absolute atomic E-state index is 0.0279. The van der Waals surface area contributed by atoms with E-state index in [1.165, 1.54) is 30.3 Å². The first-order valence-electron chi connectivity index (χ1n) is 11.4. The van der Waals surface area contributed by atoms with Gasteiger partial charge in [0.05, 0.1) is 21.1 Å². The van der Waals surface area contributed by atoms with E-state index in [2.05, 4.69) is 5.32 Å². The molecule has 1 fully saturated rings. The summed E-state index contributed by atoms with van der Waals surface area (Å²) < 4.78 is 44.4. The number of thioether (sulfide) groups is 1. The molecule has 0 saturated carbocycles. The molecule has 8 nitrogen and oxygen atoms in total. The number of hydrogen-bond donors (Lipinski definition) is 2. The van der Waals surface area contributed by atoms with Crippen molar-refractivity contribution in [3.8, 4) is 5.75 Å². The van der Waals surface area contributed by atoms with Gasteiger partial charge in [-0.25, -0.2) is 4.79 Å². The summed E-state index contributed by atoms with van der Waals surface area (Å²) in [5.74, 6) is -2.29. The largest absolute Gasteiger partial charge is 0.487 e. The molecule has 1 aliphatic rings. The summed E-state index contributed by atoms with van der Waals surface area (Å²) in [6.45, 7) is -0.556. The topological polar surface area (TPSA) is 113 Å². The van der Waals surface area contributed by atoms with Crippen LogP contribution in [0.1, 0.15) is 27.0 Å². The number of nitrogens with one attached hydrogen (secondary N) is 1. The van der Waals surface area contributed by atoms with E-state index in [0.717, 1.165) is 23.8 Å². The highest BCUT2D eigenvalue weighted by Crippen LogP contribution is 2.34. The third kappa shape index (κ3) is 7.01. The van der Waals surface area contributed by atoms with Crippen LogP contribution in [0.3, 0.4) is 0 Å². The van der Waals surface area contributed by atoms with Gasteiger partial charge < -0.3 is 15.2 Å². The normalized spacial score (nSPS) is 14.5. The lowest BCUT2D eigenvalue weighted by atomic mass is 10.1. The van der Waals surface area contributed by atoms with E-state index in [-0.39, 0.29) is 27.8 Å². The van der Waals surface area contributed by atoms with Crippen LogP contribution in [-0.2, 0) is 22.4 Å². The van der Waals surface area contributed by atoms with Crippen molar-refractivity contribution in [1.82, 2.24) is 4.90 Å². The predicted molar refractivity (Wildman–Crippen MR) is 142 cm³/mol. The fourth-order valence-electron chi connectivity index (χ4n) is 3.53. The maximum atomic E-state index is 12.9. The molecule has 0 spiro atoms. The predicted octanol–water partition coefficient (Wildman–Crippen LogP) is 6.31. The average Bonchev–Trinajstić information content (AvgIpc) is 3.15. The second kappa shape index (κ2) is 11.8. The summed E-state index contributed by atoms with van der Waals surface area (Å²) in [6.07, 6.45) is -3.18. The molecule has 3 amide bonds. The fourth-order valence-corrected chi connectivity index (χ4v) is 4.62. The van der Waals surface area contributed by atoms with Crippen LogP contribution < -0.4 is 10.1 Å². The molecule has 40 heavy (non-hydrogen) atoms. The van der Waals surface area contributed by atoms with Crippen LogP contribution >= 0.6 is 23.4 Å². The Labute approximate surface area is 234 Å². The van der Waals surface area contributed by atoms with E-state index in [1.807, 2.05) is 0 Å². The highest BCUT2D eigenvalue weighted by molar-refractivity contribution is 8.18. The number of carbonyl (C=O) groups is 4. The third-order valence-electron chi connectivity index (χ3n) is 5.50. The number of nitrogens with zero attached hydrogens (tertiary/aromatic N) is 1. The van der Waals surface area contributed by atoms with Crippen LogP contribution in [0.2, 0.25) is 5.02 Å². The maximum absolute atomic E-state index is 12.9. The smallest absolute Gasteiger partial charge is 0.416 e. The molecule has 0 atom stereocenters. The summed E-state index contributed by atoms with van der Waals surface area (Å²) in [5, 5.41) is 10.7. The van der Waals surface area contributed by atoms with Gasteiger partial charge in [0.2, 0.25) is 5.91 Å². The van der Waals surface area contributed by atoms with E-state index in [1.54, 1.807) is 24.3 Å². The molecule has 0 bridgehead atoms. The summed E-state index contributed by atoms with van der Waals surface area (Å²) >= 11 is 6.91.